The highest BCUT2D eigenvalue weighted by Gasteiger charge is 2.28. The topological polar surface area (TPSA) is 107 Å². The third-order valence-corrected chi connectivity index (χ3v) is 8.57. The molecule has 0 radical (unpaired) electrons. The Morgan fingerprint density at radius 3 is 2.55 bits per heavy atom. The van der Waals surface area contributed by atoms with Crippen LogP contribution >= 0.6 is 11.3 Å². The maximum atomic E-state index is 13.3. The number of carbonyl (C=O) groups is 1. The van der Waals surface area contributed by atoms with Crippen LogP contribution < -0.4 is 10.0 Å². The zero-order valence-corrected chi connectivity index (χ0v) is 20.9. The van der Waals surface area contributed by atoms with Crippen LogP contribution in [0.1, 0.15) is 63.8 Å². The molecular formula is C23H31N3O5S2. The van der Waals surface area contributed by atoms with Crippen molar-refractivity contribution in [2.75, 3.05) is 18.5 Å². The van der Waals surface area contributed by atoms with E-state index >= 15 is 0 Å². The number of thiazole rings is 1. The third-order valence-electron chi connectivity index (χ3n) is 5.58. The first-order chi connectivity index (χ1) is 15.6. The van der Waals surface area contributed by atoms with Gasteiger partial charge in [-0.25, -0.2) is 22.9 Å². The van der Waals surface area contributed by atoms with Gasteiger partial charge in [-0.1, -0.05) is 25.3 Å². The second kappa shape index (κ2) is 9.69. The molecule has 2 aromatic rings. The summed E-state index contributed by atoms with van der Waals surface area (Å²) in [7, 11) is -3.87. The highest BCUT2D eigenvalue weighted by atomic mass is 32.2. The Hall–Kier alpha value is -2.01. The zero-order chi connectivity index (χ0) is 23.6. The summed E-state index contributed by atoms with van der Waals surface area (Å²) in [5.41, 5.74) is 0.247. The van der Waals surface area contributed by atoms with Crippen molar-refractivity contribution in [3.05, 3.63) is 29.4 Å². The lowest BCUT2D eigenvalue weighted by Crippen LogP contribution is -2.40. The molecule has 0 atom stereocenters. The first kappa shape index (κ1) is 24.1. The number of ether oxygens (including phenoxy) is 2. The Morgan fingerprint density at radius 1 is 1.18 bits per heavy atom. The minimum absolute atomic E-state index is 0.0982. The summed E-state index contributed by atoms with van der Waals surface area (Å²) in [5.74, 6) is 0.441. The Balaban J connectivity index is 1.65. The fraction of sp³-hybridized carbons (Fsp3) is 0.565. The Labute approximate surface area is 199 Å². The van der Waals surface area contributed by atoms with Crippen molar-refractivity contribution in [2.45, 2.75) is 75.3 Å². The summed E-state index contributed by atoms with van der Waals surface area (Å²) in [6.07, 6.45) is 6.78. The SMILES string of the molecule is CC(C)(C)NS(=O)(=O)c1cc(NC(=O)OC2COC2)ccc1-c1cnc(C2CCCCC2)s1. The molecule has 33 heavy (non-hydrogen) atoms. The van der Waals surface area contributed by atoms with Crippen molar-refractivity contribution in [3.8, 4) is 10.4 Å². The van der Waals surface area contributed by atoms with Gasteiger partial charge in [0.05, 0.1) is 28.0 Å². The van der Waals surface area contributed by atoms with Crippen LogP contribution in [0, 0.1) is 0 Å². The predicted octanol–water partition coefficient (Wildman–Crippen LogP) is 4.88. The van der Waals surface area contributed by atoms with Crippen molar-refractivity contribution in [3.63, 3.8) is 0 Å². The van der Waals surface area contributed by atoms with Crippen molar-refractivity contribution >= 4 is 33.1 Å². The van der Waals surface area contributed by atoms with E-state index in [9.17, 15) is 13.2 Å². The molecule has 1 saturated carbocycles. The molecule has 1 amide bonds. The molecule has 0 unspecified atom stereocenters. The van der Waals surface area contributed by atoms with Crippen LogP contribution in [0.2, 0.25) is 0 Å². The maximum Gasteiger partial charge on any atom is 0.412 e. The summed E-state index contributed by atoms with van der Waals surface area (Å²) in [6, 6.07) is 4.88. The first-order valence-corrected chi connectivity index (χ1v) is 13.6. The van der Waals surface area contributed by atoms with E-state index < -0.39 is 21.7 Å². The lowest BCUT2D eigenvalue weighted by molar-refractivity contribution is -0.0951. The average molecular weight is 494 g/mol. The molecule has 0 spiro atoms. The molecule has 4 rings (SSSR count). The van der Waals surface area contributed by atoms with E-state index in [4.69, 9.17) is 9.47 Å². The number of anilines is 1. The van der Waals surface area contributed by atoms with E-state index in [2.05, 4.69) is 15.0 Å². The van der Waals surface area contributed by atoms with Gasteiger partial charge in [-0.05, 0) is 45.7 Å². The van der Waals surface area contributed by atoms with Crippen molar-refractivity contribution in [1.82, 2.24) is 9.71 Å². The summed E-state index contributed by atoms with van der Waals surface area (Å²) < 4.78 is 39.6. The van der Waals surface area contributed by atoms with Gasteiger partial charge in [0.15, 0.2) is 6.10 Å². The quantitative estimate of drug-likeness (QED) is 0.594. The number of nitrogens with zero attached hydrogens (tertiary/aromatic N) is 1. The summed E-state index contributed by atoms with van der Waals surface area (Å²) in [4.78, 5) is 17.7. The molecule has 0 bridgehead atoms. The molecule has 10 heteroatoms. The number of hydrogen-bond donors (Lipinski definition) is 2. The predicted molar refractivity (Wildman–Crippen MR) is 128 cm³/mol. The Bertz CT molecular complexity index is 1100. The number of aromatic nitrogens is 1. The van der Waals surface area contributed by atoms with Gasteiger partial charge >= 0.3 is 6.09 Å². The van der Waals surface area contributed by atoms with E-state index in [1.807, 2.05) is 0 Å². The van der Waals surface area contributed by atoms with Gasteiger partial charge in [-0.3, -0.25) is 5.32 Å². The van der Waals surface area contributed by atoms with Crippen LogP contribution in [0.25, 0.3) is 10.4 Å². The highest BCUT2D eigenvalue weighted by Crippen LogP contribution is 2.39. The number of hydrogen-bond acceptors (Lipinski definition) is 7. The largest absolute Gasteiger partial charge is 0.441 e. The molecule has 8 nitrogen and oxygen atoms in total. The van der Waals surface area contributed by atoms with Gasteiger partial charge in [0.2, 0.25) is 10.0 Å². The number of sulfonamides is 1. The number of rotatable bonds is 6. The van der Waals surface area contributed by atoms with E-state index in [0.29, 0.717) is 30.4 Å². The molecule has 1 saturated heterocycles. The molecule has 2 aliphatic rings. The minimum Gasteiger partial charge on any atom is -0.441 e. The van der Waals surface area contributed by atoms with Crippen molar-refractivity contribution in [2.24, 2.45) is 0 Å². The molecule has 2 N–H and O–H groups in total. The van der Waals surface area contributed by atoms with Gasteiger partial charge in [-0.15, -0.1) is 11.3 Å². The zero-order valence-electron chi connectivity index (χ0n) is 19.2. The van der Waals surface area contributed by atoms with Gasteiger partial charge in [-0.2, -0.15) is 0 Å². The smallest absolute Gasteiger partial charge is 0.412 e. The van der Waals surface area contributed by atoms with Gasteiger partial charge in [0.1, 0.15) is 0 Å². The molecule has 2 fully saturated rings. The normalized spacial score (nSPS) is 18.0. The van der Waals surface area contributed by atoms with E-state index in [0.717, 1.165) is 22.7 Å². The third kappa shape index (κ3) is 6.11. The molecule has 2 heterocycles. The monoisotopic (exact) mass is 493 g/mol. The fourth-order valence-electron chi connectivity index (χ4n) is 4.02. The standard InChI is InChI=1S/C23H31N3O5S2/c1-23(2,3)26-33(28,29)20-11-16(25-22(27)31-17-13-30-14-17)9-10-18(20)19-12-24-21(32-19)15-7-5-4-6-8-15/h9-12,15,17,26H,4-8,13-14H2,1-3H3,(H,25,27). The van der Waals surface area contributed by atoms with Crippen molar-refractivity contribution < 1.29 is 22.7 Å². The second-order valence-corrected chi connectivity index (χ2v) is 12.4. The minimum atomic E-state index is -3.87. The van der Waals surface area contributed by atoms with Gasteiger partial charge in [0, 0.05) is 28.9 Å². The van der Waals surface area contributed by atoms with Gasteiger partial charge < -0.3 is 9.47 Å². The molecule has 1 aromatic heterocycles. The lowest BCUT2D eigenvalue weighted by atomic mass is 9.90. The molecule has 1 aliphatic heterocycles. The van der Waals surface area contributed by atoms with Crippen LogP contribution in [0.4, 0.5) is 10.5 Å². The Morgan fingerprint density at radius 2 is 1.91 bits per heavy atom. The van der Waals surface area contributed by atoms with E-state index in [1.165, 1.54) is 25.3 Å². The fourth-order valence-corrected chi connectivity index (χ4v) is 6.87. The van der Waals surface area contributed by atoms with Gasteiger partial charge in [0.25, 0.3) is 0 Å². The number of amides is 1. The number of benzene rings is 1. The molecule has 1 aromatic carbocycles. The van der Waals surface area contributed by atoms with E-state index in [1.54, 1.807) is 50.4 Å². The molecule has 1 aliphatic carbocycles. The Kier molecular flexibility index (Phi) is 7.09. The van der Waals surface area contributed by atoms with Crippen LogP contribution in [-0.4, -0.2) is 44.4 Å². The lowest BCUT2D eigenvalue weighted by Gasteiger charge is -2.25. The average Bonchev–Trinajstić information content (AvgIpc) is 3.20. The summed E-state index contributed by atoms with van der Waals surface area (Å²) >= 11 is 1.55. The second-order valence-electron chi connectivity index (χ2n) is 9.65. The molecular weight excluding hydrogens is 462 g/mol. The van der Waals surface area contributed by atoms with Crippen molar-refractivity contribution in [1.29, 1.82) is 0 Å². The highest BCUT2D eigenvalue weighted by molar-refractivity contribution is 7.89. The number of nitrogens with one attached hydrogen (secondary N) is 2. The summed E-state index contributed by atoms with van der Waals surface area (Å²) in [6.45, 7) is 6.11. The van der Waals surface area contributed by atoms with Crippen LogP contribution in [0.5, 0.6) is 0 Å². The van der Waals surface area contributed by atoms with Crippen LogP contribution in [-0.2, 0) is 19.5 Å². The van der Waals surface area contributed by atoms with Crippen LogP contribution in [0.15, 0.2) is 29.3 Å². The number of carbonyl (C=O) groups excluding carboxylic acids is 1. The summed E-state index contributed by atoms with van der Waals surface area (Å²) in [5, 5.41) is 3.69. The maximum absolute atomic E-state index is 13.3. The first-order valence-electron chi connectivity index (χ1n) is 11.3. The van der Waals surface area contributed by atoms with Crippen LogP contribution in [0.3, 0.4) is 0 Å². The van der Waals surface area contributed by atoms with E-state index in [-0.39, 0.29) is 11.0 Å². The molecule has 180 valence electrons.